The summed E-state index contributed by atoms with van der Waals surface area (Å²) in [5.41, 5.74) is 1.82. The number of hydrogen-bond acceptors (Lipinski definition) is 3. The fraction of sp³-hybridized carbons (Fsp3) is 0.136. The van der Waals surface area contributed by atoms with Crippen molar-refractivity contribution in [1.29, 1.82) is 0 Å². The van der Waals surface area contributed by atoms with Crippen LogP contribution in [0.2, 0.25) is 0 Å². The lowest BCUT2D eigenvalue weighted by molar-refractivity contribution is 0.112. The Morgan fingerprint density at radius 2 is 1.67 bits per heavy atom. The number of hydrogen-bond donors (Lipinski definition) is 0. The average Bonchev–Trinajstić information content (AvgIpc) is 2.69. The highest BCUT2D eigenvalue weighted by molar-refractivity contribution is 5.76. The quantitative estimate of drug-likeness (QED) is 0.526. The Morgan fingerprint density at radius 1 is 0.852 bits per heavy atom. The number of ether oxygens (including phenoxy) is 2. The summed E-state index contributed by atoms with van der Waals surface area (Å²) in [6.07, 6.45) is 1.01. The van der Waals surface area contributed by atoms with E-state index in [1.54, 1.807) is 18.2 Å². The van der Waals surface area contributed by atoms with E-state index in [0.717, 1.165) is 17.9 Å². The predicted octanol–water partition coefficient (Wildman–Crippen LogP) is 4.98. The van der Waals surface area contributed by atoms with Crippen LogP contribution in [0.25, 0.3) is 0 Å². The van der Waals surface area contributed by atoms with Crippen LogP contribution in [-0.4, -0.2) is 12.9 Å². The van der Waals surface area contributed by atoms with Crippen LogP contribution in [0.4, 0.5) is 8.78 Å². The van der Waals surface area contributed by atoms with Crippen molar-refractivity contribution in [2.75, 3.05) is 6.61 Å². The van der Waals surface area contributed by atoms with Gasteiger partial charge in [0.1, 0.15) is 24.5 Å². The Kier molecular flexibility index (Phi) is 6.15. The minimum absolute atomic E-state index is 0.185. The van der Waals surface area contributed by atoms with Gasteiger partial charge in [0.15, 0.2) is 11.5 Å². The zero-order valence-corrected chi connectivity index (χ0v) is 14.5. The van der Waals surface area contributed by atoms with E-state index < -0.39 is 11.6 Å². The predicted molar refractivity (Wildman–Crippen MR) is 98.2 cm³/mol. The third kappa shape index (κ3) is 5.14. The van der Waals surface area contributed by atoms with E-state index in [4.69, 9.17) is 9.47 Å². The van der Waals surface area contributed by atoms with E-state index in [0.29, 0.717) is 29.2 Å². The molecule has 0 aliphatic rings. The fourth-order valence-electron chi connectivity index (χ4n) is 2.56. The van der Waals surface area contributed by atoms with Gasteiger partial charge in [-0.3, -0.25) is 4.79 Å². The molecule has 0 fully saturated rings. The van der Waals surface area contributed by atoms with Gasteiger partial charge in [0.05, 0.1) is 6.61 Å². The molecule has 0 heterocycles. The van der Waals surface area contributed by atoms with Crippen LogP contribution < -0.4 is 9.47 Å². The molecule has 5 heteroatoms. The molecule has 138 valence electrons. The minimum atomic E-state index is -0.613. The first-order chi connectivity index (χ1) is 13.2. The summed E-state index contributed by atoms with van der Waals surface area (Å²) in [7, 11) is 0. The van der Waals surface area contributed by atoms with E-state index in [2.05, 4.69) is 0 Å². The molecule has 0 unspecified atom stereocenters. The molecule has 0 amide bonds. The first-order valence-electron chi connectivity index (χ1n) is 8.48. The fourth-order valence-corrected chi connectivity index (χ4v) is 2.56. The molecule has 3 aromatic carbocycles. The first-order valence-corrected chi connectivity index (χ1v) is 8.48. The van der Waals surface area contributed by atoms with Crippen molar-refractivity contribution in [3.63, 3.8) is 0 Å². The molecule has 0 spiro atoms. The molecule has 0 aliphatic carbocycles. The van der Waals surface area contributed by atoms with Gasteiger partial charge in [-0.25, -0.2) is 8.78 Å². The summed E-state index contributed by atoms with van der Waals surface area (Å²) in [6.45, 7) is 0.511. The van der Waals surface area contributed by atoms with Crippen molar-refractivity contribution in [1.82, 2.24) is 0 Å². The highest BCUT2D eigenvalue weighted by Gasteiger charge is 2.09. The molecular formula is C22H18F2O3. The summed E-state index contributed by atoms with van der Waals surface area (Å²) in [5, 5.41) is 0. The molecule has 3 rings (SSSR count). The largest absolute Gasteiger partial charge is 0.489 e. The SMILES string of the molecule is O=Cc1ccc(OCCc2ccc(F)cc2F)c(OCc2ccccc2)c1. The molecule has 0 atom stereocenters. The normalized spacial score (nSPS) is 10.4. The van der Waals surface area contributed by atoms with Crippen LogP contribution in [-0.2, 0) is 13.0 Å². The maximum Gasteiger partial charge on any atom is 0.162 e. The Hall–Kier alpha value is -3.21. The zero-order chi connectivity index (χ0) is 19.1. The van der Waals surface area contributed by atoms with Gasteiger partial charge in [-0.15, -0.1) is 0 Å². The Balaban J connectivity index is 1.67. The van der Waals surface area contributed by atoms with Crippen molar-refractivity contribution >= 4 is 6.29 Å². The molecule has 0 aliphatic heterocycles. The summed E-state index contributed by atoms with van der Waals surface area (Å²) in [4.78, 5) is 11.0. The summed E-state index contributed by atoms with van der Waals surface area (Å²) < 4.78 is 38.2. The van der Waals surface area contributed by atoms with E-state index in [1.165, 1.54) is 12.1 Å². The van der Waals surface area contributed by atoms with Gasteiger partial charge >= 0.3 is 0 Å². The summed E-state index contributed by atoms with van der Waals surface area (Å²) >= 11 is 0. The highest BCUT2D eigenvalue weighted by Crippen LogP contribution is 2.29. The van der Waals surface area contributed by atoms with E-state index >= 15 is 0 Å². The number of carbonyl (C=O) groups is 1. The molecule has 0 aromatic heterocycles. The third-order valence-electron chi connectivity index (χ3n) is 3.99. The highest BCUT2D eigenvalue weighted by atomic mass is 19.1. The second kappa shape index (κ2) is 8.94. The monoisotopic (exact) mass is 368 g/mol. The van der Waals surface area contributed by atoms with Crippen LogP contribution in [0.5, 0.6) is 11.5 Å². The van der Waals surface area contributed by atoms with Crippen LogP contribution in [0.1, 0.15) is 21.5 Å². The van der Waals surface area contributed by atoms with Crippen LogP contribution in [0.3, 0.4) is 0 Å². The van der Waals surface area contributed by atoms with Gasteiger partial charge in [-0.1, -0.05) is 36.4 Å². The van der Waals surface area contributed by atoms with E-state index in [9.17, 15) is 13.6 Å². The maximum atomic E-state index is 13.7. The average molecular weight is 368 g/mol. The van der Waals surface area contributed by atoms with Gasteiger partial charge in [0.25, 0.3) is 0 Å². The summed E-state index contributed by atoms with van der Waals surface area (Å²) in [6, 6.07) is 17.9. The van der Waals surface area contributed by atoms with Crippen molar-refractivity contribution < 1.29 is 23.0 Å². The van der Waals surface area contributed by atoms with Gasteiger partial charge in [-0.2, -0.15) is 0 Å². The summed E-state index contributed by atoms with van der Waals surface area (Å²) in [5.74, 6) is -0.323. The molecule has 3 nitrogen and oxygen atoms in total. The second-order valence-electron chi connectivity index (χ2n) is 5.93. The maximum absolute atomic E-state index is 13.7. The van der Waals surface area contributed by atoms with Gasteiger partial charge in [0, 0.05) is 18.1 Å². The lowest BCUT2D eigenvalue weighted by Gasteiger charge is -2.14. The molecular weight excluding hydrogens is 350 g/mol. The number of aldehydes is 1. The Bertz CT molecular complexity index is 911. The minimum Gasteiger partial charge on any atom is -0.489 e. The van der Waals surface area contributed by atoms with Crippen molar-refractivity contribution in [2.45, 2.75) is 13.0 Å². The molecule has 0 radical (unpaired) electrons. The molecule has 3 aromatic rings. The standard InChI is InChI=1S/C22H18F2O3/c23-19-8-7-18(20(24)13-19)10-11-26-21-9-6-17(14-25)12-22(21)27-15-16-4-2-1-3-5-16/h1-9,12-14H,10-11,15H2. The van der Waals surface area contributed by atoms with Crippen LogP contribution in [0, 0.1) is 11.6 Å². The molecule has 0 bridgehead atoms. The third-order valence-corrected chi connectivity index (χ3v) is 3.99. The topological polar surface area (TPSA) is 35.5 Å². The van der Waals surface area contributed by atoms with Crippen LogP contribution in [0.15, 0.2) is 66.7 Å². The number of rotatable bonds is 8. The number of benzene rings is 3. The number of halogens is 2. The molecule has 0 saturated heterocycles. The Morgan fingerprint density at radius 3 is 2.41 bits per heavy atom. The van der Waals surface area contributed by atoms with Crippen molar-refractivity contribution in [3.8, 4) is 11.5 Å². The molecule has 0 N–H and O–H groups in total. The molecule has 27 heavy (non-hydrogen) atoms. The zero-order valence-electron chi connectivity index (χ0n) is 14.5. The first kappa shape index (κ1) is 18.6. The second-order valence-corrected chi connectivity index (χ2v) is 5.93. The van der Waals surface area contributed by atoms with Gasteiger partial charge < -0.3 is 9.47 Å². The van der Waals surface area contributed by atoms with E-state index in [1.807, 2.05) is 30.3 Å². The van der Waals surface area contributed by atoms with E-state index in [-0.39, 0.29) is 13.0 Å². The van der Waals surface area contributed by atoms with Crippen LogP contribution >= 0.6 is 0 Å². The van der Waals surface area contributed by atoms with Crippen molar-refractivity contribution in [3.05, 3.63) is 95.1 Å². The smallest absolute Gasteiger partial charge is 0.162 e. The number of carbonyl (C=O) groups excluding carboxylic acids is 1. The lowest BCUT2D eigenvalue weighted by Crippen LogP contribution is -2.05. The van der Waals surface area contributed by atoms with Crippen molar-refractivity contribution in [2.24, 2.45) is 0 Å². The van der Waals surface area contributed by atoms with Gasteiger partial charge in [-0.05, 0) is 35.4 Å². The Labute approximate surface area is 156 Å². The molecule has 0 saturated carbocycles. The van der Waals surface area contributed by atoms with Gasteiger partial charge in [0.2, 0.25) is 0 Å². The lowest BCUT2D eigenvalue weighted by atomic mass is 10.1.